The van der Waals surface area contributed by atoms with Crippen molar-refractivity contribution in [1.82, 2.24) is 32.6 Å². The highest BCUT2D eigenvalue weighted by atomic mass is 15.9. The van der Waals surface area contributed by atoms with Gasteiger partial charge in [-0.05, 0) is 12.6 Å². The molecule has 6 heteroatoms. The first-order chi connectivity index (χ1) is 7.86. The molecule has 6 nitrogen and oxygen atoms in total. The second-order valence-corrected chi connectivity index (χ2v) is 3.20. The molecule has 1 aromatic carbocycles. The SMILES string of the molecule is CCNNN(Cc1ccccc1)NNNC. The standard InChI is InChI=1S/C10H20N6/c1-3-12-14-16(15-13-11-2)9-10-7-5-4-6-8-10/h4-8,11-15H,3,9H2,1-2H3. The summed E-state index contributed by atoms with van der Waals surface area (Å²) in [6, 6.07) is 10.2. The van der Waals surface area contributed by atoms with E-state index in [1.165, 1.54) is 5.56 Å². The molecular formula is C10H20N6. The van der Waals surface area contributed by atoms with Crippen molar-refractivity contribution in [3.8, 4) is 0 Å². The Morgan fingerprint density at radius 2 is 1.88 bits per heavy atom. The molecule has 5 N–H and O–H groups in total. The smallest absolute Gasteiger partial charge is 0.0566 e. The van der Waals surface area contributed by atoms with Crippen molar-refractivity contribution in [2.24, 2.45) is 0 Å². The first-order valence-corrected chi connectivity index (χ1v) is 5.34. The predicted molar refractivity (Wildman–Crippen MR) is 64.1 cm³/mol. The lowest BCUT2D eigenvalue weighted by molar-refractivity contribution is 0.0452. The van der Waals surface area contributed by atoms with Crippen LogP contribution in [0.2, 0.25) is 0 Å². The van der Waals surface area contributed by atoms with Crippen LogP contribution >= 0.6 is 0 Å². The van der Waals surface area contributed by atoms with Crippen LogP contribution in [0.1, 0.15) is 12.5 Å². The molecule has 90 valence electrons. The minimum atomic E-state index is 0.725. The van der Waals surface area contributed by atoms with E-state index in [9.17, 15) is 0 Å². The minimum absolute atomic E-state index is 0.725. The van der Waals surface area contributed by atoms with E-state index in [4.69, 9.17) is 0 Å². The van der Waals surface area contributed by atoms with Crippen LogP contribution in [0.15, 0.2) is 30.3 Å². The monoisotopic (exact) mass is 224 g/mol. The molecular weight excluding hydrogens is 204 g/mol. The Morgan fingerprint density at radius 3 is 2.50 bits per heavy atom. The van der Waals surface area contributed by atoms with Gasteiger partial charge in [-0.25, -0.2) is 10.9 Å². The molecule has 0 bridgehead atoms. The van der Waals surface area contributed by atoms with Gasteiger partial charge < -0.3 is 0 Å². The van der Waals surface area contributed by atoms with Crippen molar-refractivity contribution in [1.29, 1.82) is 0 Å². The number of nitrogens with one attached hydrogen (secondary N) is 5. The van der Waals surface area contributed by atoms with Crippen molar-refractivity contribution < 1.29 is 0 Å². The normalized spacial score (nSPS) is 10.9. The van der Waals surface area contributed by atoms with E-state index < -0.39 is 0 Å². The van der Waals surface area contributed by atoms with Gasteiger partial charge in [0, 0.05) is 6.54 Å². The predicted octanol–water partition coefficient (Wildman–Crippen LogP) is -0.339. The van der Waals surface area contributed by atoms with Crippen molar-refractivity contribution in [2.45, 2.75) is 13.5 Å². The van der Waals surface area contributed by atoms with Gasteiger partial charge in [0.15, 0.2) is 0 Å². The Bertz CT molecular complexity index is 257. The first kappa shape index (κ1) is 13.0. The van der Waals surface area contributed by atoms with Gasteiger partial charge in [0.1, 0.15) is 0 Å². The third-order valence-corrected chi connectivity index (χ3v) is 1.89. The fourth-order valence-corrected chi connectivity index (χ4v) is 1.17. The van der Waals surface area contributed by atoms with Gasteiger partial charge in [0.05, 0.1) is 6.54 Å². The third kappa shape index (κ3) is 5.17. The van der Waals surface area contributed by atoms with E-state index in [0.29, 0.717) is 0 Å². The van der Waals surface area contributed by atoms with Crippen molar-refractivity contribution in [3.05, 3.63) is 35.9 Å². The molecule has 0 spiro atoms. The molecule has 0 amide bonds. The molecule has 0 unspecified atom stereocenters. The summed E-state index contributed by atoms with van der Waals surface area (Å²) in [7, 11) is 1.79. The molecule has 1 aromatic rings. The molecule has 0 saturated heterocycles. The lowest BCUT2D eigenvalue weighted by Crippen LogP contribution is -2.60. The lowest BCUT2D eigenvalue weighted by atomic mass is 10.2. The van der Waals surface area contributed by atoms with Crippen LogP contribution in [0.25, 0.3) is 0 Å². The minimum Gasteiger partial charge on any atom is -0.246 e. The quantitative estimate of drug-likeness (QED) is 0.390. The second kappa shape index (κ2) is 8.17. The summed E-state index contributed by atoms with van der Waals surface area (Å²) in [6.07, 6.45) is 0. The molecule has 0 aliphatic carbocycles. The number of hydrazine groups is 5. The van der Waals surface area contributed by atoms with Gasteiger partial charge in [0.2, 0.25) is 0 Å². The molecule has 0 aromatic heterocycles. The van der Waals surface area contributed by atoms with Gasteiger partial charge in [-0.1, -0.05) is 37.3 Å². The average molecular weight is 224 g/mol. The van der Waals surface area contributed by atoms with Crippen molar-refractivity contribution in [2.75, 3.05) is 13.6 Å². The Kier molecular flexibility index (Phi) is 6.66. The van der Waals surface area contributed by atoms with E-state index in [0.717, 1.165) is 13.1 Å². The number of hydrogen-bond acceptors (Lipinski definition) is 6. The fourth-order valence-electron chi connectivity index (χ4n) is 1.17. The topological polar surface area (TPSA) is 63.4 Å². The maximum atomic E-state index is 3.02. The number of benzene rings is 1. The Labute approximate surface area is 96.3 Å². The van der Waals surface area contributed by atoms with Crippen LogP contribution < -0.4 is 27.5 Å². The maximum absolute atomic E-state index is 3.02. The van der Waals surface area contributed by atoms with Crippen LogP contribution in [0, 0.1) is 0 Å². The van der Waals surface area contributed by atoms with Crippen LogP contribution in [-0.2, 0) is 6.54 Å². The molecule has 0 aliphatic rings. The van der Waals surface area contributed by atoms with Crippen LogP contribution in [-0.4, -0.2) is 18.7 Å². The summed E-state index contributed by atoms with van der Waals surface area (Å²) < 4.78 is 0. The fraction of sp³-hybridized carbons (Fsp3) is 0.400. The summed E-state index contributed by atoms with van der Waals surface area (Å²) in [5, 5.41) is 1.80. The first-order valence-electron chi connectivity index (χ1n) is 5.34. The van der Waals surface area contributed by atoms with Gasteiger partial charge in [-0.2, -0.15) is 16.6 Å². The second-order valence-electron chi connectivity index (χ2n) is 3.20. The molecule has 0 atom stereocenters. The largest absolute Gasteiger partial charge is 0.246 e. The number of rotatable bonds is 8. The molecule has 0 aliphatic heterocycles. The van der Waals surface area contributed by atoms with E-state index >= 15 is 0 Å². The number of nitrogens with zero attached hydrogens (tertiary/aromatic N) is 1. The van der Waals surface area contributed by atoms with Gasteiger partial charge >= 0.3 is 0 Å². The van der Waals surface area contributed by atoms with Gasteiger partial charge in [-0.3, -0.25) is 0 Å². The molecule has 16 heavy (non-hydrogen) atoms. The molecule has 0 heterocycles. The Morgan fingerprint density at radius 1 is 1.12 bits per heavy atom. The van der Waals surface area contributed by atoms with Crippen LogP contribution in [0.5, 0.6) is 0 Å². The summed E-state index contributed by atoms with van der Waals surface area (Å²) >= 11 is 0. The molecule has 1 rings (SSSR count). The van der Waals surface area contributed by atoms with Gasteiger partial charge in [-0.15, -0.1) is 5.12 Å². The highest BCUT2D eigenvalue weighted by Gasteiger charge is 2.02. The highest BCUT2D eigenvalue weighted by Crippen LogP contribution is 1.99. The number of hydrogen-bond donors (Lipinski definition) is 5. The Balaban J connectivity index is 2.42. The third-order valence-electron chi connectivity index (χ3n) is 1.89. The summed E-state index contributed by atoms with van der Waals surface area (Å²) in [5.74, 6) is 0. The van der Waals surface area contributed by atoms with Gasteiger partial charge in [0.25, 0.3) is 0 Å². The molecule has 0 saturated carbocycles. The Hall–Kier alpha value is -1.02. The molecule has 0 fully saturated rings. The summed E-state index contributed by atoms with van der Waals surface area (Å²) in [4.78, 5) is 0. The van der Waals surface area contributed by atoms with E-state index in [-0.39, 0.29) is 0 Å². The zero-order valence-electron chi connectivity index (χ0n) is 9.75. The maximum Gasteiger partial charge on any atom is 0.0566 e. The van der Waals surface area contributed by atoms with E-state index in [1.54, 1.807) is 12.2 Å². The van der Waals surface area contributed by atoms with Crippen molar-refractivity contribution in [3.63, 3.8) is 0 Å². The van der Waals surface area contributed by atoms with Crippen LogP contribution in [0.4, 0.5) is 0 Å². The van der Waals surface area contributed by atoms with E-state index in [2.05, 4.69) is 39.6 Å². The average Bonchev–Trinajstić information content (AvgIpc) is 2.34. The zero-order chi connectivity index (χ0) is 11.6. The van der Waals surface area contributed by atoms with E-state index in [1.807, 2.05) is 25.1 Å². The summed E-state index contributed by atoms with van der Waals surface area (Å²) in [6.45, 7) is 3.59. The van der Waals surface area contributed by atoms with Crippen molar-refractivity contribution >= 4 is 0 Å². The lowest BCUT2D eigenvalue weighted by Gasteiger charge is -2.24. The molecule has 0 radical (unpaired) electrons. The zero-order valence-corrected chi connectivity index (χ0v) is 9.75. The highest BCUT2D eigenvalue weighted by molar-refractivity contribution is 5.13. The summed E-state index contributed by atoms with van der Waals surface area (Å²) in [5.41, 5.74) is 15.8. The van der Waals surface area contributed by atoms with Crippen LogP contribution in [0.3, 0.4) is 0 Å².